The second-order valence-electron chi connectivity index (χ2n) is 3.71. The number of nitrogens with zero attached hydrogens (tertiary/aromatic N) is 2. The van der Waals surface area contributed by atoms with Crippen LogP contribution >= 0.6 is 23.5 Å². The molecule has 1 aromatic heterocycles. The number of hydrogen-bond donors (Lipinski definition) is 0. The van der Waals surface area contributed by atoms with Crippen molar-refractivity contribution in [3.8, 4) is 0 Å². The maximum absolute atomic E-state index is 12.8. The molecule has 0 saturated heterocycles. The molecule has 0 bridgehead atoms. The number of benzene rings is 1. The summed E-state index contributed by atoms with van der Waals surface area (Å²) in [7, 11) is 0. The van der Waals surface area contributed by atoms with E-state index < -0.39 is 0 Å². The molecule has 0 aliphatic rings. The van der Waals surface area contributed by atoms with E-state index in [1.54, 1.807) is 23.9 Å². The maximum atomic E-state index is 12.8. The van der Waals surface area contributed by atoms with Gasteiger partial charge in [0.25, 0.3) is 5.22 Å². The minimum absolute atomic E-state index is 0.146. The molecule has 0 spiro atoms. The molecule has 0 N–H and O–H groups in total. The van der Waals surface area contributed by atoms with Crippen molar-refractivity contribution in [3.05, 3.63) is 41.5 Å². The van der Waals surface area contributed by atoms with Crippen LogP contribution in [0.4, 0.5) is 4.39 Å². The van der Waals surface area contributed by atoms with Crippen molar-refractivity contribution in [2.75, 3.05) is 6.26 Å². The Morgan fingerprint density at radius 1 is 1.28 bits per heavy atom. The van der Waals surface area contributed by atoms with E-state index in [1.165, 1.54) is 23.9 Å². The lowest BCUT2D eigenvalue weighted by Gasteiger charge is -2.07. The average Bonchev–Trinajstić information content (AvgIpc) is 2.78. The summed E-state index contributed by atoms with van der Waals surface area (Å²) in [6, 6.07) is 6.46. The summed E-state index contributed by atoms with van der Waals surface area (Å²) in [5.41, 5.74) is 1.03. The first-order valence-corrected chi connectivity index (χ1v) is 7.70. The zero-order chi connectivity index (χ0) is 13.0. The molecule has 0 saturated carbocycles. The Balaban J connectivity index is 2.01. The molecule has 0 amide bonds. The van der Waals surface area contributed by atoms with Crippen molar-refractivity contribution >= 4 is 23.5 Å². The van der Waals surface area contributed by atoms with E-state index in [1.807, 2.05) is 13.2 Å². The Morgan fingerprint density at radius 3 is 2.67 bits per heavy atom. The first-order valence-electron chi connectivity index (χ1n) is 5.42. The van der Waals surface area contributed by atoms with Gasteiger partial charge in [-0.1, -0.05) is 23.9 Å². The topological polar surface area (TPSA) is 38.9 Å². The van der Waals surface area contributed by atoms with Crippen LogP contribution in [0, 0.1) is 5.82 Å². The third kappa shape index (κ3) is 3.49. The van der Waals surface area contributed by atoms with Gasteiger partial charge in [0.05, 0.1) is 5.75 Å². The Labute approximate surface area is 114 Å². The number of halogens is 1. The van der Waals surface area contributed by atoms with Crippen LogP contribution in [0.3, 0.4) is 0 Å². The summed E-state index contributed by atoms with van der Waals surface area (Å²) in [5.74, 6) is 1.13. The van der Waals surface area contributed by atoms with Crippen molar-refractivity contribution in [2.24, 2.45) is 0 Å². The maximum Gasteiger partial charge on any atom is 0.277 e. The van der Waals surface area contributed by atoms with Crippen molar-refractivity contribution in [1.82, 2.24) is 10.2 Å². The summed E-state index contributed by atoms with van der Waals surface area (Å²) in [4.78, 5) is 0. The Kier molecular flexibility index (Phi) is 4.66. The molecular weight excluding hydrogens is 271 g/mol. The second-order valence-corrected chi connectivity index (χ2v) is 5.86. The number of rotatable bonds is 5. The van der Waals surface area contributed by atoms with Crippen LogP contribution in [0.15, 0.2) is 33.9 Å². The van der Waals surface area contributed by atoms with Gasteiger partial charge >= 0.3 is 0 Å². The second kappa shape index (κ2) is 6.24. The fourth-order valence-electron chi connectivity index (χ4n) is 1.42. The smallest absolute Gasteiger partial charge is 0.277 e. The molecule has 3 nitrogen and oxygen atoms in total. The lowest BCUT2D eigenvalue weighted by Crippen LogP contribution is -1.88. The van der Waals surface area contributed by atoms with Crippen LogP contribution in [0.2, 0.25) is 0 Å². The van der Waals surface area contributed by atoms with Gasteiger partial charge in [0, 0.05) is 5.25 Å². The highest BCUT2D eigenvalue weighted by Gasteiger charge is 2.13. The monoisotopic (exact) mass is 284 g/mol. The molecule has 96 valence electrons. The largest absolute Gasteiger partial charge is 0.415 e. The standard InChI is InChI=1S/C12H13FN2OS2/c1-8(9-3-5-10(13)6-4-9)18-12-15-14-11(16-12)7-17-2/h3-6,8H,7H2,1-2H3. The molecule has 2 aromatic rings. The minimum atomic E-state index is -0.226. The number of aromatic nitrogens is 2. The van der Waals surface area contributed by atoms with Crippen LogP contribution in [0.25, 0.3) is 0 Å². The van der Waals surface area contributed by atoms with Crippen LogP contribution in [-0.4, -0.2) is 16.5 Å². The highest BCUT2D eigenvalue weighted by atomic mass is 32.2. The molecule has 1 atom stereocenters. The SMILES string of the molecule is CSCc1nnc(SC(C)c2ccc(F)cc2)o1. The molecule has 1 unspecified atom stereocenters. The van der Waals surface area contributed by atoms with Gasteiger partial charge in [-0.25, -0.2) is 4.39 Å². The quantitative estimate of drug-likeness (QED) is 0.778. The molecule has 0 fully saturated rings. The van der Waals surface area contributed by atoms with Gasteiger partial charge in [0.2, 0.25) is 5.89 Å². The Morgan fingerprint density at radius 2 is 2.00 bits per heavy atom. The molecule has 0 radical (unpaired) electrons. The van der Waals surface area contributed by atoms with E-state index in [0.717, 1.165) is 11.3 Å². The summed E-state index contributed by atoms with van der Waals surface area (Å²) in [6.45, 7) is 2.02. The van der Waals surface area contributed by atoms with Gasteiger partial charge < -0.3 is 4.42 Å². The predicted octanol–water partition coefficient (Wildman–Crippen LogP) is 3.93. The first kappa shape index (κ1) is 13.4. The molecule has 0 aliphatic heterocycles. The summed E-state index contributed by atoms with van der Waals surface area (Å²) >= 11 is 3.11. The number of thioether (sulfide) groups is 2. The van der Waals surface area contributed by atoms with Crippen LogP contribution in [0.5, 0.6) is 0 Å². The van der Waals surface area contributed by atoms with Gasteiger partial charge in [0.1, 0.15) is 5.82 Å². The molecule has 18 heavy (non-hydrogen) atoms. The van der Waals surface area contributed by atoms with E-state index in [9.17, 15) is 4.39 Å². The number of hydrogen-bond acceptors (Lipinski definition) is 5. The van der Waals surface area contributed by atoms with Gasteiger partial charge in [-0.3, -0.25) is 0 Å². The zero-order valence-corrected chi connectivity index (χ0v) is 11.7. The van der Waals surface area contributed by atoms with Gasteiger partial charge in [-0.2, -0.15) is 11.8 Å². The van der Waals surface area contributed by atoms with Gasteiger partial charge in [0.15, 0.2) is 0 Å². The van der Waals surface area contributed by atoms with Crippen molar-refractivity contribution < 1.29 is 8.81 Å². The zero-order valence-electron chi connectivity index (χ0n) is 10.1. The fourth-order valence-corrected chi connectivity index (χ4v) is 2.61. The van der Waals surface area contributed by atoms with Crippen LogP contribution in [-0.2, 0) is 5.75 Å². The minimum Gasteiger partial charge on any atom is -0.415 e. The van der Waals surface area contributed by atoms with Crippen molar-refractivity contribution in [1.29, 1.82) is 0 Å². The molecule has 2 rings (SSSR count). The van der Waals surface area contributed by atoms with E-state index >= 15 is 0 Å². The fraction of sp³-hybridized carbons (Fsp3) is 0.333. The third-order valence-electron chi connectivity index (χ3n) is 2.33. The van der Waals surface area contributed by atoms with Gasteiger partial charge in [-0.05, 0) is 30.9 Å². The van der Waals surface area contributed by atoms with E-state index in [0.29, 0.717) is 11.1 Å². The Bertz CT molecular complexity index is 501. The first-order chi connectivity index (χ1) is 8.69. The lowest BCUT2D eigenvalue weighted by atomic mass is 10.2. The highest BCUT2D eigenvalue weighted by Crippen LogP contribution is 2.34. The third-order valence-corrected chi connectivity index (χ3v) is 3.86. The van der Waals surface area contributed by atoms with Crippen molar-refractivity contribution in [2.45, 2.75) is 23.1 Å². The van der Waals surface area contributed by atoms with E-state index in [4.69, 9.17) is 4.42 Å². The Hall–Kier alpha value is -1.01. The molecule has 1 heterocycles. The highest BCUT2D eigenvalue weighted by molar-refractivity contribution is 7.99. The normalized spacial score (nSPS) is 12.6. The average molecular weight is 284 g/mol. The predicted molar refractivity (Wildman–Crippen MR) is 72.2 cm³/mol. The molecule has 6 heteroatoms. The molecule has 1 aromatic carbocycles. The van der Waals surface area contributed by atoms with E-state index in [-0.39, 0.29) is 11.1 Å². The van der Waals surface area contributed by atoms with Crippen LogP contribution in [0.1, 0.15) is 23.6 Å². The lowest BCUT2D eigenvalue weighted by molar-refractivity contribution is 0.426. The van der Waals surface area contributed by atoms with Crippen LogP contribution < -0.4 is 0 Å². The molecular formula is C12H13FN2OS2. The molecule has 0 aliphatic carbocycles. The van der Waals surface area contributed by atoms with E-state index in [2.05, 4.69) is 10.2 Å². The van der Waals surface area contributed by atoms with Gasteiger partial charge in [-0.15, -0.1) is 10.2 Å². The van der Waals surface area contributed by atoms with Crippen molar-refractivity contribution in [3.63, 3.8) is 0 Å². The summed E-state index contributed by atoms with van der Waals surface area (Å²) < 4.78 is 18.3. The summed E-state index contributed by atoms with van der Waals surface area (Å²) in [5, 5.41) is 8.62. The summed E-state index contributed by atoms with van der Waals surface area (Å²) in [6.07, 6.45) is 1.98.